The van der Waals surface area contributed by atoms with Crippen LogP contribution < -0.4 is 10.6 Å². The minimum Gasteiger partial charge on any atom is -0.379 e. The Morgan fingerprint density at radius 1 is 1.10 bits per heavy atom. The zero-order valence-corrected chi connectivity index (χ0v) is 12.0. The smallest absolute Gasteiger partial charge is 0.227 e. The number of carbonyl (C=O) groups excluding carboxylic acids is 1. The number of nitrogens with one attached hydrogen (secondary N) is 2. The molecule has 1 aliphatic rings. The van der Waals surface area contributed by atoms with E-state index in [4.69, 9.17) is 0 Å². The average Bonchev–Trinajstić information content (AvgIpc) is 3.35. The minimum atomic E-state index is 0.140. The molecule has 0 aliphatic heterocycles. The molecule has 1 aromatic carbocycles. The molecule has 2 aromatic rings. The highest BCUT2D eigenvalue weighted by atomic mass is 16.2. The van der Waals surface area contributed by atoms with E-state index in [1.807, 2.05) is 36.4 Å². The Bertz CT molecular complexity index is 606. The Hall–Kier alpha value is -2.36. The topological polar surface area (TPSA) is 54.0 Å². The number of amides is 1. The highest BCUT2D eigenvalue weighted by Crippen LogP contribution is 2.30. The van der Waals surface area contributed by atoms with Gasteiger partial charge in [0.15, 0.2) is 0 Å². The van der Waals surface area contributed by atoms with Crippen LogP contribution in [0.15, 0.2) is 48.8 Å². The van der Waals surface area contributed by atoms with Crippen molar-refractivity contribution in [2.24, 2.45) is 5.92 Å². The largest absolute Gasteiger partial charge is 0.379 e. The maximum absolute atomic E-state index is 11.7. The minimum absolute atomic E-state index is 0.140. The van der Waals surface area contributed by atoms with Gasteiger partial charge < -0.3 is 10.6 Å². The van der Waals surface area contributed by atoms with Gasteiger partial charge in [0.2, 0.25) is 5.91 Å². The molecule has 1 amide bonds. The first-order chi connectivity index (χ1) is 10.2. The fraction of sp³-hybridized carbons (Fsp3) is 0.294. The monoisotopic (exact) mass is 281 g/mol. The number of carbonyl (C=O) groups is 1. The van der Waals surface area contributed by atoms with E-state index in [0.29, 0.717) is 0 Å². The first kappa shape index (κ1) is 13.6. The van der Waals surface area contributed by atoms with E-state index in [1.165, 1.54) is 5.56 Å². The number of pyridine rings is 1. The van der Waals surface area contributed by atoms with Crippen molar-refractivity contribution in [2.45, 2.75) is 25.8 Å². The molecule has 1 fully saturated rings. The lowest BCUT2D eigenvalue weighted by molar-refractivity contribution is -0.117. The molecule has 1 unspecified atom stereocenters. The van der Waals surface area contributed by atoms with E-state index in [0.717, 1.165) is 24.2 Å². The number of nitrogens with zero attached hydrogens (tertiary/aromatic N) is 1. The third-order valence-electron chi connectivity index (χ3n) is 3.69. The van der Waals surface area contributed by atoms with Crippen LogP contribution in [0.3, 0.4) is 0 Å². The lowest BCUT2D eigenvalue weighted by Gasteiger charge is -2.16. The van der Waals surface area contributed by atoms with E-state index >= 15 is 0 Å². The molecule has 108 valence electrons. The Balaban J connectivity index is 1.60. The van der Waals surface area contributed by atoms with Gasteiger partial charge >= 0.3 is 0 Å². The molecule has 2 N–H and O–H groups in total. The molecule has 1 atom stereocenters. The molecule has 21 heavy (non-hydrogen) atoms. The number of hydrogen-bond acceptors (Lipinski definition) is 3. The fourth-order valence-corrected chi connectivity index (χ4v) is 2.23. The number of anilines is 2. The van der Waals surface area contributed by atoms with Gasteiger partial charge in [-0.3, -0.25) is 9.78 Å². The van der Waals surface area contributed by atoms with Crippen molar-refractivity contribution in [1.29, 1.82) is 0 Å². The number of hydrogen-bond donors (Lipinski definition) is 2. The molecule has 3 rings (SSSR count). The van der Waals surface area contributed by atoms with E-state index in [2.05, 4.69) is 22.5 Å². The van der Waals surface area contributed by atoms with Gasteiger partial charge in [-0.25, -0.2) is 0 Å². The van der Waals surface area contributed by atoms with Crippen LogP contribution >= 0.6 is 0 Å². The van der Waals surface area contributed by atoms with Gasteiger partial charge in [0.05, 0.1) is 0 Å². The van der Waals surface area contributed by atoms with Crippen molar-refractivity contribution in [3.05, 3.63) is 54.4 Å². The van der Waals surface area contributed by atoms with Gasteiger partial charge in [0, 0.05) is 35.7 Å². The Kier molecular flexibility index (Phi) is 3.86. The Labute approximate surface area is 124 Å². The summed E-state index contributed by atoms with van der Waals surface area (Å²) in [6.45, 7) is 2.11. The molecule has 0 bridgehead atoms. The SMILES string of the molecule is CC(Nc1ccc(NC(=O)C2CC2)cc1)c1ccncc1. The van der Waals surface area contributed by atoms with E-state index < -0.39 is 0 Å². The summed E-state index contributed by atoms with van der Waals surface area (Å²) in [6, 6.07) is 12.0. The van der Waals surface area contributed by atoms with Crippen molar-refractivity contribution in [3.63, 3.8) is 0 Å². The van der Waals surface area contributed by atoms with Crippen molar-refractivity contribution in [1.82, 2.24) is 4.98 Å². The number of benzene rings is 1. The first-order valence-corrected chi connectivity index (χ1v) is 7.30. The Morgan fingerprint density at radius 3 is 2.33 bits per heavy atom. The van der Waals surface area contributed by atoms with Gasteiger partial charge in [0.25, 0.3) is 0 Å². The summed E-state index contributed by atoms with van der Waals surface area (Å²) in [5.74, 6) is 0.371. The first-order valence-electron chi connectivity index (χ1n) is 7.30. The lowest BCUT2D eigenvalue weighted by atomic mass is 10.1. The number of aromatic nitrogens is 1. The lowest BCUT2D eigenvalue weighted by Crippen LogP contribution is -2.13. The Morgan fingerprint density at radius 2 is 1.71 bits per heavy atom. The van der Waals surface area contributed by atoms with Crippen LogP contribution in [0.25, 0.3) is 0 Å². The van der Waals surface area contributed by atoms with Gasteiger partial charge in [-0.2, -0.15) is 0 Å². The van der Waals surface area contributed by atoms with Crippen LogP contribution in [0.5, 0.6) is 0 Å². The van der Waals surface area contributed by atoms with Gasteiger partial charge in [-0.1, -0.05) is 0 Å². The maximum Gasteiger partial charge on any atom is 0.227 e. The van der Waals surface area contributed by atoms with Gasteiger partial charge in [0.1, 0.15) is 0 Å². The van der Waals surface area contributed by atoms with E-state index in [9.17, 15) is 4.79 Å². The third-order valence-corrected chi connectivity index (χ3v) is 3.69. The summed E-state index contributed by atoms with van der Waals surface area (Å²) in [5.41, 5.74) is 3.08. The summed E-state index contributed by atoms with van der Waals surface area (Å²) >= 11 is 0. The van der Waals surface area contributed by atoms with Crippen molar-refractivity contribution in [2.75, 3.05) is 10.6 Å². The molecule has 1 aliphatic carbocycles. The van der Waals surface area contributed by atoms with E-state index in [-0.39, 0.29) is 17.9 Å². The molecule has 0 radical (unpaired) electrons. The van der Waals surface area contributed by atoms with Gasteiger partial charge in [-0.15, -0.1) is 0 Å². The predicted octanol–water partition coefficient (Wildman–Crippen LogP) is 3.60. The fourth-order valence-electron chi connectivity index (χ4n) is 2.23. The molecular weight excluding hydrogens is 262 g/mol. The van der Waals surface area contributed by atoms with Crippen LogP contribution in [0.4, 0.5) is 11.4 Å². The molecular formula is C17H19N3O. The molecule has 1 heterocycles. The number of rotatable bonds is 5. The summed E-state index contributed by atoms with van der Waals surface area (Å²) < 4.78 is 0. The van der Waals surface area contributed by atoms with Crippen LogP contribution in [0, 0.1) is 5.92 Å². The normalized spacial score (nSPS) is 15.3. The zero-order valence-electron chi connectivity index (χ0n) is 12.0. The highest BCUT2D eigenvalue weighted by molar-refractivity contribution is 5.94. The molecule has 0 saturated heterocycles. The molecule has 1 saturated carbocycles. The summed E-state index contributed by atoms with van der Waals surface area (Å²) in [7, 11) is 0. The average molecular weight is 281 g/mol. The van der Waals surface area contributed by atoms with Crippen LogP contribution in [0.1, 0.15) is 31.4 Å². The van der Waals surface area contributed by atoms with Crippen LogP contribution in [-0.2, 0) is 4.79 Å². The van der Waals surface area contributed by atoms with Crippen molar-refractivity contribution >= 4 is 17.3 Å². The summed E-state index contributed by atoms with van der Waals surface area (Å²) in [6.07, 6.45) is 5.64. The standard InChI is InChI=1S/C17H19N3O/c1-12(13-8-10-18-11-9-13)19-15-4-6-16(7-5-15)20-17(21)14-2-3-14/h4-12,14,19H,2-3H2,1H3,(H,20,21). The summed E-state index contributed by atoms with van der Waals surface area (Å²) in [4.78, 5) is 15.7. The third kappa shape index (κ3) is 3.60. The second-order valence-electron chi connectivity index (χ2n) is 5.49. The van der Waals surface area contributed by atoms with E-state index in [1.54, 1.807) is 12.4 Å². The second-order valence-corrected chi connectivity index (χ2v) is 5.49. The highest BCUT2D eigenvalue weighted by Gasteiger charge is 2.29. The van der Waals surface area contributed by atoms with Crippen LogP contribution in [-0.4, -0.2) is 10.9 Å². The molecule has 1 aromatic heterocycles. The second kappa shape index (κ2) is 5.95. The maximum atomic E-state index is 11.7. The zero-order chi connectivity index (χ0) is 14.7. The molecule has 0 spiro atoms. The predicted molar refractivity (Wildman–Crippen MR) is 84.1 cm³/mol. The van der Waals surface area contributed by atoms with Crippen molar-refractivity contribution in [3.8, 4) is 0 Å². The van der Waals surface area contributed by atoms with Crippen molar-refractivity contribution < 1.29 is 4.79 Å². The molecule has 4 heteroatoms. The quantitative estimate of drug-likeness (QED) is 0.880. The van der Waals surface area contributed by atoms with Gasteiger partial charge in [-0.05, 0) is 61.7 Å². The summed E-state index contributed by atoms with van der Waals surface area (Å²) in [5, 5.41) is 6.37. The molecule has 4 nitrogen and oxygen atoms in total. The van der Waals surface area contributed by atoms with Crippen LogP contribution in [0.2, 0.25) is 0 Å².